The number of hydrogen-bond acceptors (Lipinski definition) is 4. The molecule has 20 heavy (non-hydrogen) atoms. The van der Waals surface area contributed by atoms with Gasteiger partial charge in [-0.1, -0.05) is 0 Å². The van der Waals surface area contributed by atoms with E-state index in [-0.39, 0.29) is 17.9 Å². The number of nitrogens with zero attached hydrogens (tertiary/aromatic N) is 2. The first kappa shape index (κ1) is 14.8. The Morgan fingerprint density at radius 2 is 2.15 bits per heavy atom. The zero-order valence-corrected chi connectivity index (χ0v) is 12.4. The van der Waals surface area contributed by atoms with Gasteiger partial charge in [0, 0.05) is 30.9 Å². The summed E-state index contributed by atoms with van der Waals surface area (Å²) in [7, 11) is 1.62. The van der Waals surface area contributed by atoms with E-state index >= 15 is 0 Å². The van der Waals surface area contributed by atoms with Gasteiger partial charge >= 0.3 is 0 Å². The number of aromatic nitrogens is 1. The minimum Gasteiger partial charge on any atom is -0.357 e. The molecule has 0 spiro atoms. The van der Waals surface area contributed by atoms with Crippen molar-refractivity contribution in [3.8, 4) is 0 Å². The van der Waals surface area contributed by atoms with Crippen LogP contribution in [0.3, 0.4) is 0 Å². The number of likely N-dealkylation sites (tertiary alicyclic amines) is 1. The third kappa shape index (κ3) is 3.72. The zero-order valence-electron chi connectivity index (χ0n) is 11.5. The summed E-state index contributed by atoms with van der Waals surface area (Å²) in [6.45, 7) is 0.674. The summed E-state index contributed by atoms with van der Waals surface area (Å²) in [5.41, 5.74) is 0. The molecule has 1 aliphatic rings. The number of hydrogen-bond donors (Lipinski definition) is 1. The number of nitrogens with one attached hydrogen (secondary N) is 1. The summed E-state index contributed by atoms with van der Waals surface area (Å²) in [5.74, 6) is 0.324. The van der Waals surface area contributed by atoms with Crippen LogP contribution in [0.15, 0.2) is 29.4 Å². The molecule has 2 heterocycles. The average molecular weight is 293 g/mol. The average Bonchev–Trinajstić information content (AvgIpc) is 2.52. The second kappa shape index (κ2) is 7.28. The first-order valence-electron chi connectivity index (χ1n) is 6.76. The van der Waals surface area contributed by atoms with Crippen molar-refractivity contribution >= 4 is 23.6 Å². The van der Waals surface area contributed by atoms with Crippen LogP contribution >= 0.6 is 11.8 Å². The van der Waals surface area contributed by atoms with Gasteiger partial charge in [-0.3, -0.25) is 14.6 Å². The van der Waals surface area contributed by atoms with Gasteiger partial charge in [0.25, 0.3) is 0 Å². The lowest BCUT2D eigenvalue weighted by atomic mass is 10.0. The Labute approximate surface area is 123 Å². The van der Waals surface area contributed by atoms with Crippen LogP contribution in [0.5, 0.6) is 0 Å². The fourth-order valence-corrected chi connectivity index (χ4v) is 3.10. The van der Waals surface area contributed by atoms with Crippen molar-refractivity contribution < 1.29 is 9.59 Å². The molecule has 0 radical (unpaired) electrons. The largest absolute Gasteiger partial charge is 0.357 e. The van der Waals surface area contributed by atoms with Crippen LogP contribution in [0.1, 0.15) is 19.3 Å². The summed E-state index contributed by atoms with van der Waals surface area (Å²) >= 11 is 1.48. The highest BCUT2D eigenvalue weighted by molar-refractivity contribution is 8.00. The van der Waals surface area contributed by atoms with E-state index in [9.17, 15) is 9.59 Å². The first-order valence-corrected chi connectivity index (χ1v) is 7.75. The van der Waals surface area contributed by atoms with Crippen molar-refractivity contribution in [2.24, 2.45) is 0 Å². The lowest BCUT2D eigenvalue weighted by molar-refractivity contribution is -0.140. The van der Waals surface area contributed by atoms with E-state index in [0.29, 0.717) is 12.3 Å². The lowest BCUT2D eigenvalue weighted by Gasteiger charge is -2.34. The van der Waals surface area contributed by atoms with Crippen molar-refractivity contribution in [1.29, 1.82) is 0 Å². The van der Waals surface area contributed by atoms with Gasteiger partial charge in [0.2, 0.25) is 11.8 Å². The van der Waals surface area contributed by atoms with Gasteiger partial charge in [-0.05, 0) is 31.4 Å². The Hall–Kier alpha value is -1.56. The smallest absolute Gasteiger partial charge is 0.242 e. The number of likely N-dealkylation sites (N-methyl/N-ethyl adjacent to an activating group) is 1. The van der Waals surface area contributed by atoms with Gasteiger partial charge in [0.05, 0.1) is 5.75 Å². The fraction of sp³-hybridized carbons (Fsp3) is 0.500. The monoisotopic (exact) mass is 293 g/mol. The molecular weight excluding hydrogens is 274 g/mol. The van der Waals surface area contributed by atoms with Crippen molar-refractivity contribution in [3.05, 3.63) is 24.5 Å². The number of amides is 2. The van der Waals surface area contributed by atoms with E-state index in [1.807, 2.05) is 12.1 Å². The van der Waals surface area contributed by atoms with Crippen LogP contribution in [0.25, 0.3) is 0 Å². The normalized spacial score (nSPS) is 18.6. The molecule has 1 aliphatic heterocycles. The summed E-state index contributed by atoms with van der Waals surface area (Å²) in [6.07, 6.45) is 6.14. The highest BCUT2D eigenvalue weighted by atomic mass is 32.2. The minimum absolute atomic E-state index is 0.0279. The summed E-state index contributed by atoms with van der Waals surface area (Å²) < 4.78 is 0. The van der Waals surface area contributed by atoms with Gasteiger partial charge in [0.15, 0.2) is 0 Å². The molecule has 5 nitrogen and oxygen atoms in total. The molecule has 1 N–H and O–H groups in total. The SMILES string of the molecule is CNC(=O)[C@@H]1CCCCN1C(=O)CSc1ccncc1. The van der Waals surface area contributed by atoms with Gasteiger partial charge < -0.3 is 10.2 Å². The predicted octanol–water partition coefficient (Wildman–Crippen LogP) is 1.30. The number of pyridine rings is 1. The Kier molecular flexibility index (Phi) is 5.40. The van der Waals surface area contributed by atoms with Gasteiger partial charge in [-0.25, -0.2) is 0 Å². The molecule has 0 bridgehead atoms. The number of carbonyl (C=O) groups is 2. The van der Waals surface area contributed by atoms with Crippen LogP contribution < -0.4 is 5.32 Å². The highest BCUT2D eigenvalue weighted by Crippen LogP contribution is 2.21. The number of carbonyl (C=O) groups excluding carboxylic acids is 2. The first-order chi connectivity index (χ1) is 9.72. The third-order valence-corrected chi connectivity index (χ3v) is 4.38. The second-order valence-corrected chi connectivity index (χ2v) is 5.73. The van der Waals surface area contributed by atoms with Crippen LogP contribution in [0, 0.1) is 0 Å². The van der Waals surface area contributed by atoms with Crippen molar-refractivity contribution in [2.45, 2.75) is 30.2 Å². The molecule has 2 amide bonds. The van der Waals surface area contributed by atoms with E-state index in [1.54, 1.807) is 24.3 Å². The Morgan fingerprint density at radius 3 is 2.85 bits per heavy atom. The molecule has 1 saturated heterocycles. The fourth-order valence-electron chi connectivity index (χ4n) is 2.33. The summed E-state index contributed by atoms with van der Waals surface area (Å²) in [4.78, 5) is 30.8. The van der Waals surface area contributed by atoms with E-state index in [0.717, 1.165) is 24.2 Å². The highest BCUT2D eigenvalue weighted by Gasteiger charge is 2.31. The van der Waals surface area contributed by atoms with Gasteiger partial charge in [-0.2, -0.15) is 0 Å². The molecule has 1 atom stereocenters. The summed E-state index contributed by atoms with van der Waals surface area (Å²) in [6, 6.07) is 3.45. The maximum Gasteiger partial charge on any atom is 0.242 e. The van der Waals surface area contributed by atoms with E-state index in [4.69, 9.17) is 0 Å². The molecule has 1 aromatic heterocycles. The van der Waals surface area contributed by atoms with E-state index in [2.05, 4.69) is 10.3 Å². The Balaban J connectivity index is 1.94. The van der Waals surface area contributed by atoms with Crippen molar-refractivity contribution in [2.75, 3.05) is 19.3 Å². The molecular formula is C14H19N3O2S. The molecule has 1 aromatic rings. The van der Waals surface area contributed by atoms with E-state index in [1.165, 1.54) is 11.8 Å². The Morgan fingerprint density at radius 1 is 1.40 bits per heavy atom. The van der Waals surface area contributed by atoms with Gasteiger partial charge in [0.1, 0.15) is 6.04 Å². The quantitative estimate of drug-likeness (QED) is 0.850. The van der Waals surface area contributed by atoms with Crippen LogP contribution in [0.4, 0.5) is 0 Å². The van der Waals surface area contributed by atoms with Gasteiger partial charge in [-0.15, -0.1) is 11.8 Å². The standard InChI is InChI=1S/C14H19N3O2S/c1-15-14(19)12-4-2-3-9-17(12)13(18)10-20-11-5-7-16-8-6-11/h5-8,12H,2-4,9-10H2,1H3,(H,15,19)/t12-/m0/s1. The Bertz CT molecular complexity index is 467. The maximum atomic E-state index is 12.3. The predicted molar refractivity (Wildman–Crippen MR) is 78.4 cm³/mol. The minimum atomic E-state index is -0.306. The molecule has 2 rings (SSSR count). The van der Waals surface area contributed by atoms with Crippen LogP contribution in [-0.2, 0) is 9.59 Å². The number of rotatable bonds is 4. The molecule has 0 saturated carbocycles. The molecule has 0 unspecified atom stereocenters. The summed E-state index contributed by atoms with van der Waals surface area (Å²) in [5, 5.41) is 2.65. The molecule has 1 fully saturated rings. The number of thioether (sulfide) groups is 1. The van der Waals surface area contributed by atoms with Crippen molar-refractivity contribution in [3.63, 3.8) is 0 Å². The molecule has 0 aromatic carbocycles. The third-order valence-electron chi connectivity index (χ3n) is 3.38. The topological polar surface area (TPSA) is 62.3 Å². The molecule has 0 aliphatic carbocycles. The molecule has 108 valence electrons. The van der Waals surface area contributed by atoms with Crippen molar-refractivity contribution in [1.82, 2.24) is 15.2 Å². The molecule has 6 heteroatoms. The van der Waals surface area contributed by atoms with E-state index < -0.39 is 0 Å². The zero-order chi connectivity index (χ0) is 14.4. The number of piperidine rings is 1. The maximum absolute atomic E-state index is 12.3. The second-order valence-electron chi connectivity index (χ2n) is 4.68. The van der Waals surface area contributed by atoms with Crippen LogP contribution in [-0.4, -0.2) is 47.1 Å². The lowest BCUT2D eigenvalue weighted by Crippen LogP contribution is -2.51. The van der Waals surface area contributed by atoms with Crippen LogP contribution in [0.2, 0.25) is 0 Å².